The van der Waals surface area contributed by atoms with Crippen molar-refractivity contribution in [2.24, 2.45) is 0 Å². The zero-order valence-electron chi connectivity index (χ0n) is 7.78. The minimum atomic E-state index is -2.47. The molecule has 14 heavy (non-hydrogen) atoms. The summed E-state index contributed by atoms with van der Waals surface area (Å²) >= 11 is 0. The largest absolute Gasteiger partial charge is 0.488 e. The van der Waals surface area contributed by atoms with Gasteiger partial charge in [-0.05, 0) is 24.6 Å². The van der Waals surface area contributed by atoms with Crippen LogP contribution in [0.5, 0.6) is 5.75 Å². The van der Waals surface area contributed by atoms with E-state index in [-0.39, 0.29) is 0 Å². The summed E-state index contributed by atoms with van der Waals surface area (Å²) in [5, 5.41) is 9.17. The quantitative estimate of drug-likeness (QED) is 0.812. The minimum absolute atomic E-state index is 0.384. The fourth-order valence-electron chi connectivity index (χ4n) is 1.00. The fraction of sp³-hybridized carbons (Fsp3) is 0.400. The van der Waals surface area contributed by atoms with E-state index in [1.54, 1.807) is 31.2 Å². The third-order valence-electron chi connectivity index (χ3n) is 1.74. The van der Waals surface area contributed by atoms with E-state index >= 15 is 0 Å². The summed E-state index contributed by atoms with van der Waals surface area (Å²) in [7, 11) is 0. The van der Waals surface area contributed by atoms with Crippen molar-refractivity contribution in [1.82, 2.24) is 0 Å². The van der Waals surface area contributed by atoms with Crippen LogP contribution in [0.2, 0.25) is 0 Å². The normalized spacial score (nSPS) is 12.9. The molecule has 0 aliphatic heterocycles. The van der Waals surface area contributed by atoms with Gasteiger partial charge in [-0.25, -0.2) is 8.78 Å². The van der Waals surface area contributed by atoms with Gasteiger partial charge in [0.25, 0.3) is 6.43 Å². The highest BCUT2D eigenvalue weighted by molar-refractivity contribution is 5.28. The lowest BCUT2D eigenvalue weighted by Crippen LogP contribution is -2.06. The molecule has 0 fully saturated rings. The van der Waals surface area contributed by atoms with Crippen LogP contribution in [0.1, 0.15) is 18.6 Å². The first kappa shape index (κ1) is 10.9. The van der Waals surface area contributed by atoms with Crippen LogP contribution in [0.15, 0.2) is 24.3 Å². The highest BCUT2D eigenvalue weighted by Gasteiger charge is 2.04. The molecule has 4 heteroatoms. The van der Waals surface area contributed by atoms with Crippen molar-refractivity contribution in [2.75, 3.05) is 6.61 Å². The number of aliphatic hydroxyl groups excluding tert-OH is 1. The molecule has 1 aromatic carbocycles. The Hall–Kier alpha value is -1.16. The molecule has 0 aliphatic carbocycles. The molecule has 0 saturated carbocycles. The van der Waals surface area contributed by atoms with Crippen molar-refractivity contribution in [3.05, 3.63) is 29.8 Å². The monoisotopic (exact) mass is 202 g/mol. The second-order valence-electron chi connectivity index (χ2n) is 2.95. The van der Waals surface area contributed by atoms with E-state index in [2.05, 4.69) is 0 Å². The Kier molecular flexibility index (Phi) is 3.83. The van der Waals surface area contributed by atoms with E-state index in [9.17, 15) is 13.9 Å². The first-order valence-electron chi connectivity index (χ1n) is 4.28. The van der Waals surface area contributed by atoms with Crippen molar-refractivity contribution in [2.45, 2.75) is 19.5 Å². The molecule has 0 heterocycles. The molecule has 0 amide bonds. The van der Waals surface area contributed by atoms with Gasteiger partial charge in [-0.2, -0.15) is 0 Å². The lowest BCUT2D eigenvalue weighted by Gasteiger charge is -2.07. The van der Waals surface area contributed by atoms with Crippen molar-refractivity contribution in [3.8, 4) is 5.75 Å². The van der Waals surface area contributed by atoms with Gasteiger partial charge in [0.2, 0.25) is 0 Å². The smallest absolute Gasteiger partial charge is 0.272 e. The summed E-state index contributed by atoms with van der Waals surface area (Å²) in [4.78, 5) is 0. The molecule has 1 atom stereocenters. The summed E-state index contributed by atoms with van der Waals surface area (Å²) in [6.45, 7) is 1.03. The van der Waals surface area contributed by atoms with Crippen LogP contribution in [0.25, 0.3) is 0 Å². The lowest BCUT2D eigenvalue weighted by molar-refractivity contribution is 0.0818. The molecular weight excluding hydrogens is 190 g/mol. The second kappa shape index (κ2) is 4.91. The zero-order valence-corrected chi connectivity index (χ0v) is 7.78. The van der Waals surface area contributed by atoms with E-state index in [1.807, 2.05) is 0 Å². The highest BCUT2D eigenvalue weighted by atomic mass is 19.3. The molecule has 2 nitrogen and oxygen atoms in total. The molecule has 1 rings (SSSR count). The second-order valence-corrected chi connectivity index (χ2v) is 2.95. The van der Waals surface area contributed by atoms with Crippen molar-refractivity contribution in [1.29, 1.82) is 0 Å². The van der Waals surface area contributed by atoms with Gasteiger partial charge in [-0.1, -0.05) is 12.1 Å². The minimum Gasteiger partial charge on any atom is -0.488 e. The van der Waals surface area contributed by atoms with Gasteiger partial charge in [-0.15, -0.1) is 0 Å². The van der Waals surface area contributed by atoms with Gasteiger partial charge in [0.05, 0.1) is 6.10 Å². The molecule has 0 aliphatic rings. The lowest BCUT2D eigenvalue weighted by atomic mass is 10.1. The van der Waals surface area contributed by atoms with Crippen LogP contribution in [-0.2, 0) is 0 Å². The molecule has 1 N–H and O–H groups in total. The van der Waals surface area contributed by atoms with E-state index in [0.717, 1.165) is 5.56 Å². The maximum Gasteiger partial charge on any atom is 0.272 e. The van der Waals surface area contributed by atoms with Gasteiger partial charge >= 0.3 is 0 Å². The maximum absolute atomic E-state index is 11.8. The van der Waals surface area contributed by atoms with E-state index in [4.69, 9.17) is 4.74 Å². The van der Waals surface area contributed by atoms with Crippen LogP contribution in [-0.4, -0.2) is 18.1 Å². The molecule has 78 valence electrons. The molecule has 0 saturated heterocycles. The number of hydrogen-bond acceptors (Lipinski definition) is 2. The Morgan fingerprint density at radius 3 is 2.29 bits per heavy atom. The summed E-state index contributed by atoms with van der Waals surface area (Å²) in [6, 6.07) is 6.41. The van der Waals surface area contributed by atoms with Gasteiger partial charge in [0, 0.05) is 0 Å². The number of ether oxygens (including phenoxy) is 1. The van der Waals surface area contributed by atoms with E-state index < -0.39 is 19.1 Å². The molecule has 0 bridgehead atoms. The molecular formula is C10H12F2O2. The van der Waals surface area contributed by atoms with Gasteiger partial charge in [0.15, 0.2) is 0 Å². The molecule has 0 spiro atoms. The Morgan fingerprint density at radius 2 is 1.86 bits per heavy atom. The topological polar surface area (TPSA) is 29.5 Å². The number of benzene rings is 1. The molecule has 1 aromatic rings. The number of halogens is 2. The number of hydrogen-bond donors (Lipinski definition) is 1. The third-order valence-corrected chi connectivity index (χ3v) is 1.74. The SMILES string of the molecule is C[C@@H](O)c1ccc(OCC(F)F)cc1. The van der Waals surface area contributed by atoms with Gasteiger partial charge in [-0.3, -0.25) is 0 Å². The van der Waals surface area contributed by atoms with Crippen molar-refractivity contribution >= 4 is 0 Å². The fourth-order valence-corrected chi connectivity index (χ4v) is 1.00. The molecule has 0 radical (unpaired) electrons. The number of rotatable bonds is 4. The number of aliphatic hydroxyl groups is 1. The first-order chi connectivity index (χ1) is 6.59. The van der Waals surface area contributed by atoms with E-state index in [1.165, 1.54) is 0 Å². The van der Waals surface area contributed by atoms with Crippen LogP contribution in [0, 0.1) is 0 Å². The summed E-state index contributed by atoms with van der Waals surface area (Å²) in [6.07, 6.45) is -3.02. The Morgan fingerprint density at radius 1 is 1.29 bits per heavy atom. The highest BCUT2D eigenvalue weighted by Crippen LogP contribution is 2.17. The van der Waals surface area contributed by atoms with Crippen molar-refractivity contribution in [3.63, 3.8) is 0 Å². The molecule has 0 unspecified atom stereocenters. The first-order valence-corrected chi connectivity index (χ1v) is 4.28. The summed E-state index contributed by atoms with van der Waals surface area (Å²) < 4.78 is 28.3. The van der Waals surface area contributed by atoms with Crippen LogP contribution in [0.4, 0.5) is 8.78 Å². The predicted molar refractivity (Wildman–Crippen MR) is 48.6 cm³/mol. The molecule has 0 aromatic heterocycles. The maximum atomic E-state index is 11.8. The average molecular weight is 202 g/mol. The Labute approximate surface area is 81.1 Å². The van der Waals surface area contributed by atoms with Crippen molar-refractivity contribution < 1.29 is 18.6 Å². The Balaban J connectivity index is 2.55. The average Bonchev–Trinajstić information content (AvgIpc) is 2.15. The predicted octanol–water partition coefficient (Wildman–Crippen LogP) is 2.38. The van der Waals surface area contributed by atoms with Gasteiger partial charge < -0.3 is 9.84 Å². The van der Waals surface area contributed by atoms with Gasteiger partial charge in [0.1, 0.15) is 12.4 Å². The van der Waals surface area contributed by atoms with Crippen LogP contribution in [0.3, 0.4) is 0 Å². The van der Waals surface area contributed by atoms with Crippen LogP contribution >= 0.6 is 0 Å². The summed E-state index contributed by atoms with van der Waals surface area (Å²) in [5.41, 5.74) is 0.731. The standard InChI is InChI=1S/C10H12F2O2/c1-7(13)8-2-4-9(5-3-8)14-6-10(11)12/h2-5,7,10,13H,6H2,1H3/t7-/m1/s1. The third kappa shape index (κ3) is 3.30. The zero-order chi connectivity index (χ0) is 10.6. The van der Waals surface area contributed by atoms with Crippen LogP contribution < -0.4 is 4.74 Å². The Bertz CT molecular complexity index is 270. The van der Waals surface area contributed by atoms with E-state index in [0.29, 0.717) is 5.75 Å². The summed E-state index contributed by atoms with van der Waals surface area (Å²) in [5.74, 6) is 0.384. The number of alkyl halides is 2.